The Balaban J connectivity index is 1.54. The molecule has 0 aliphatic heterocycles. The summed E-state index contributed by atoms with van der Waals surface area (Å²) in [6, 6.07) is 15.9. The molecular formula is C21H19N3O4. The van der Waals surface area contributed by atoms with Gasteiger partial charge in [0.25, 0.3) is 5.69 Å². The fourth-order valence-electron chi connectivity index (χ4n) is 3.31. The Morgan fingerprint density at radius 2 is 1.96 bits per heavy atom. The number of nitro groups is 1. The van der Waals surface area contributed by atoms with Crippen molar-refractivity contribution in [2.75, 3.05) is 7.05 Å². The lowest BCUT2D eigenvalue weighted by molar-refractivity contribution is -0.384. The third kappa shape index (κ3) is 3.11. The number of benzene rings is 2. The maximum atomic E-state index is 12.8. The second kappa shape index (κ2) is 6.84. The Labute approximate surface area is 160 Å². The van der Waals surface area contributed by atoms with Gasteiger partial charge in [-0.2, -0.15) is 0 Å². The van der Waals surface area contributed by atoms with E-state index in [2.05, 4.69) is 0 Å². The normalized spacial score (nSPS) is 12.4. The monoisotopic (exact) mass is 377 g/mol. The summed E-state index contributed by atoms with van der Waals surface area (Å²) < 4.78 is 7.67. The highest BCUT2D eigenvalue weighted by molar-refractivity contribution is 5.85. The van der Waals surface area contributed by atoms with E-state index in [1.54, 1.807) is 34.8 Å². The van der Waals surface area contributed by atoms with E-state index in [1.165, 1.54) is 12.1 Å². The summed E-state index contributed by atoms with van der Waals surface area (Å²) in [6.07, 6.45) is 1.77. The van der Waals surface area contributed by atoms with Crippen LogP contribution in [0, 0.1) is 10.1 Å². The number of non-ortho nitro benzene ring substituents is 1. The number of nitro benzene ring substituents is 1. The number of amides is 1. The zero-order valence-corrected chi connectivity index (χ0v) is 15.5. The van der Waals surface area contributed by atoms with Crippen LogP contribution in [0.3, 0.4) is 0 Å². The number of fused-ring (bicyclic) bond motifs is 2. The molecule has 4 rings (SSSR count). The van der Waals surface area contributed by atoms with Crippen LogP contribution in [0.5, 0.6) is 0 Å². The molecule has 1 amide bonds. The Morgan fingerprint density at radius 1 is 1.18 bits per heavy atom. The molecule has 0 N–H and O–H groups in total. The van der Waals surface area contributed by atoms with Gasteiger partial charge < -0.3 is 13.9 Å². The predicted molar refractivity (Wildman–Crippen MR) is 106 cm³/mol. The molecule has 28 heavy (non-hydrogen) atoms. The molecule has 2 heterocycles. The number of hydrogen-bond acceptors (Lipinski definition) is 4. The van der Waals surface area contributed by atoms with Gasteiger partial charge in [0, 0.05) is 41.7 Å². The van der Waals surface area contributed by atoms with Crippen molar-refractivity contribution in [3.63, 3.8) is 0 Å². The van der Waals surface area contributed by atoms with Gasteiger partial charge in [-0.25, -0.2) is 0 Å². The van der Waals surface area contributed by atoms with Crippen LogP contribution in [0.15, 0.2) is 65.2 Å². The first-order valence-corrected chi connectivity index (χ1v) is 8.91. The molecule has 1 unspecified atom stereocenters. The van der Waals surface area contributed by atoms with Gasteiger partial charge in [0.05, 0.1) is 11.0 Å². The van der Waals surface area contributed by atoms with Gasteiger partial charge in [-0.05, 0) is 31.2 Å². The highest BCUT2D eigenvalue weighted by Crippen LogP contribution is 2.27. The minimum Gasteiger partial charge on any atom is -0.459 e. The first kappa shape index (κ1) is 17.8. The van der Waals surface area contributed by atoms with E-state index in [-0.39, 0.29) is 24.2 Å². The Hall–Kier alpha value is -3.61. The van der Waals surface area contributed by atoms with Crippen molar-refractivity contribution in [3.8, 4) is 0 Å². The molecule has 7 nitrogen and oxygen atoms in total. The van der Waals surface area contributed by atoms with E-state index in [9.17, 15) is 14.9 Å². The average molecular weight is 377 g/mol. The largest absolute Gasteiger partial charge is 0.459 e. The van der Waals surface area contributed by atoms with E-state index in [4.69, 9.17) is 4.42 Å². The number of rotatable bonds is 5. The zero-order chi connectivity index (χ0) is 19.8. The Kier molecular flexibility index (Phi) is 4.35. The van der Waals surface area contributed by atoms with E-state index < -0.39 is 4.92 Å². The van der Waals surface area contributed by atoms with Crippen LogP contribution in [-0.4, -0.2) is 27.3 Å². The van der Waals surface area contributed by atoms with Crippen LogP contribution in [0.1, 0.15) is 18.7 Å². The summed E-state index contributed by atoms with van der Waals surface area (Å²) in [6.45, 7) is 2.06. The molecule has 2 aromatic carbocycles. The van der Waals surface area contributed by atoms with Gasteiger partial charge in [0.2, 0.25) is 5.91 Å². The topological polar surface area (TPSA) is 81.5 Å². The number of nitrogens with zero attached hydrogens (tertiary/aromatic N) is 3. The molecule has 0 saturated carbocycles. The van der Waals surface area contributed by atoms with Gasteiger partial charge in [-0.1, -0.05) is 18.2 Å². The lowest BCUT2D eigenvalue weighted by atomic mass is 10.2. The van der Waals surface area contributed by atoms with E-state index in [0.29, 0.717) is 0 Å². The summed E-state index contributed by atoms with van der Waals surface area (Å²) in [5, 5.41) is 12.7. The van der Waals surface area contributed by atoms with Crippen LogP contribution in [0.25, 0.3) is 21.9 Å². The number of para-hydroxylation sites is 1. The van der Waals surface area contributed by atoms with Crippen molar-refractivity contribution in [2.24, 2.45) is 0 Å². The third-order valence-electron chi connectivity index (χ3n) is 5.10. The minimum absolute atomic E-state index is 0.0344. The summed E-state index contributed by atoms with van der Waals surface area (Å²) in [5.41, 5.74) is 1.61. The molecule has 0 aliphatic rings. The highest BCUT2D eigenvalue weighted by atomic mass is 16.6. The van der Waals surface area contributed by atoms with Crippen molar-refractivity contribution in [1.29, 1.82) is 0 Å². The number of aromatic nitrogens is 1. The molecule has 142 valence electrons. The van der Waals surface area contributed by atoms with Crippen LogP contribution < -0.4 is 0 Å². The van der Waals surface area contributed by atoms with Crippen molar-refractivity contribution in [2.45, 2.75) is 19.5 Å². The first-order chi connectivity index (χ1) is 13.4. The molecule has 2 aromatic heterocycles. The molecular weight excluding hydrogens is 358 g/mol. The van der Waals surface area contributed by atoms with E-state index in [0.717, 1.165) is 27.6 Å². The van der Waals surface area contributed by atoms with Gasteiger partial charge in [-0.15, -0.1) is 0 Å². The fraction of sp³-hybridized carbons (Fsp3) is 0.190. The molecule has 0 saturated heterocycles. The molecule has 0 radical (unpaired) electrons. The molecule has 1 atom stereocenters. The highest BCUT2D eigenvalue weighted by Gasteiger charge is 2.21. The Bertz CT molecular complexity index is 1160. The molecule has 0 bridgehead atoms. The Morgan fingerprint density at radius 3 is 2.71 bits per heavy atom. The number of carbonyl (C=O) groups excluding carboxylic acids is 1. The standard InChI is InChI=1S/C21H19N3O4/c1-14(20-12-16-5-3-4-6-19(16)28-20)22(2)21(25)13-23-10-9-15-11-17(24(26)27)7-8-18(15)23/h3-12,14H,13H2,1-2H3. The van der Waals surface area contributed by atoms with Gasteiger partial charge >= 0.3 is 0 Å². The van der Waals surface area contributed by atoms with Crippen molar-refractivity contribution in [3.05, 3.63) is 76.7 Å². The predicted octanol–water partition coefficient (Wildman–Crippen LogP) is 4.52. The van der Waals surface area contributed by atoms with Crippen LogP contribution >= 0.6 is 0 Å². The lowest BCUT2D eigenvalue weighted by Gasteiger charge is -2.23. The smallest absolute Gasteiger partial charge is 0.270 e. The number of likely N-dealkylation sites (N-methyl/N-ethyl adjacent to an activating group) is 1. The van der Waals surface area contributed by atoms with Gasteiger partial charge in [0.15, 0.2) is 0 Å². The second-order valence-corrected chi connectivity index (χ2v) is 6.81. The minimum atomic E-state index is -0.426. The molecule has 4 aromatic rings. The van der Waals surface area contributed by atoms with Crippen LogP contribution in [0.4, 0.5) is 5.69 Å². The quantitative estimate of drug-likeness (QED) is 0.378. The summed E-state index contributed by atoms with van der Waals surface area (Å²) >= 11 is 0. The van der Waals surface area contributed by atoms with Crippen molar-refractivity contribution >= 4 is 33.5 Å². The molecule has 0 spiro atoms. The van der Waals surface area contributed by atoms with Crippen LogP contribution in [0.2, 0.25) is 0 Å². The van der Waals surface area contributed by atoms with Crippen molar-refractivity contribution < 1.29 is 14.1 Å². The first-order valence-electron chi connectivity index (χ1n) is 8.91. The van der Waals surface area contributed by atoms with E-state index in [1.807, 2.05) is 37.3 Å². The number of carbonyl (C=O) groups is 1. The molecule has 7 heteroatoms. The van der Waals surface area contributed by atoms with Crippen LogP contribution in [-0.2, 0) is 11.3 Å². The maximum absolute atomic E-state index is 12.8. The molecule has 0 fully saturated rings. The SMILES string of the molecule is CC(c1cc2ccccc2o1)N(C)C(=O)Cn1ccc2cc([N+](=O)[O-])ccc21. The third-order valence-corrected chi connectivity index (χ3v) is 5.10. The fourth-order valence-corrected chi connectivity index (χ4v) is 3.31. The average Bonchev–Trinajstić information content (AvgIpc) is 3.30. The maximum Gasteiger partial charge on any atom is 0.270 e. The zero-order valence-electron chi connectivity index (χ0n) is 15.5. The van der Waals surface area contributed by atoms with E-state index >= 15 is 0 Å². The van der Waals surface area contributed by atoms with Gasteiger partial charge in [0.1, 0.15) is 17.9 Å². The number of hydrogen-bond donors (Lipinski definition) is 0. The number of furan rings is 1. The molecule has 0 aliphatic carbocycles. The van der Waals surface area contributed by atoms with Crippen molar-refractivity contribution in [1.82, 2.24) is 9.47 Å². The van der Waals surface area contributed by atoms with Gasteiger partial charge in [-0.3, -0.25) is 14.9 Å². The summed E-state index contributed by atoms with van der Waals surface area (Å²) in [5.74, 6) is 0.647. The lowest BCUT2D eigenvalue weighted by Crippen LogP contribution is -2.32. The summed E-state index contributed by atoms with van der Waals surface area (Å²) in [4.78, 5) is 25.0. The second-order valence-electron chi connectivity index (χ2n) is 6.81. The summed E-state index contributed by atoms with van der Waals surface area (Å²) in [7, 11) is 1.75.